The zero-order valence-electron chi connectivity index (χ0n) is 27.6. The number of H-pyrrole nitrogens is 2. The van der Waals surface area contributed by atoms with Crippen LogP contribution in [0.25, 0.3) is 110 Å². The van der Waals surface area contributed by atoms with Gasteiger partial charge >= 0.3 is 0 Å². The van der Waals surface area contributed by atoms with Gasteiger partial charge in [0.05, 0.1) is 44.1 Å². The lowest BCUT2D eigenvalue weighted by molar-refractivity contribution is 0.665. The van der Waals surface area contributed by atoms with Crippen molar-refractivity contribution in [3.63, 3.8) is 0 Å². The lowest BCUT2D eigenvalue weighted by atomic mass is 10.1. The molecular weight excluding hydrogens is 631 g/mol. The fourth-order valence-corrected chi connectivity index (χ4v) is 7.92. The Morgan fingerprint density at radius 3 is 1.37 bits per heavy atom. The first-order valence-corrected chi connectivity index (χ1v) is 17.3. The van der Waals surface area contributed by atoms with Gasteiger partial charge in [0.1, 0.15) is 11.6 Å². The third kappa shape index (κ3) is 4.03. The van der Waals surface area contributed by atoms with E-state index in [0.29, 0.717) is 0 Å². The maximum atomic E-state index is 5.19. The largest absolute Gasteiger partial charge is 0.340 e. The zero-order chi connectivity index (χ0) is 33.6. The molecule has 51 heavy (non-hydrogen) atoms. The Labute approximate surface area is 290 Å². The van der Waals surface area contributed by atoms with Gasteiger partial charge in [0.25, 0.3) is 0 Å². The summed E-state index contributed by atoms with van der Waals surface area (Å²) in [4.78, 5) is 36.5. The number of benzene rings is 4. The zero-order valence-corrected chi connectivity index (χ0v) is 27.6. The topological polar surface area (TPSA) is 114 Å². The molecule has 0 saturated heterocycles. The molecule has 242 valence electrons. The van der Waals surface area contributed by atoms with Gasteiger partial charge in [0, 0.05) is 85.8 Å². The number of pyridine rings is 4. The van der Waals surface area contributed by atoms with Gasteiger partial charge in [0.2, 0.25) is 0 Å². The van der Waals surface area contributed by atoms with Gasteiger partial charge in [-0.3, -0.25) is 19.9 Å². The predicted molar refractivity (Wildman–Crippen MR) is 206 cm³/mol. The van der Waals surface area contributed by atoms with Crippen molar-refractivity contribution in [3.8, 4) is 22.8 Å². The summed E-state index contributed by atoms with van der Waals surface area (Å²) in [5.74, 6) is 1.63. The van der Waals surface area contributed by atoms with Gasteiger partial charge in [0.15, 0.2) is 0 Å². The van der Waals surface area contributed by atoms with Crippen molar-refractivity contribution in [1.29, 1.82) is 0 Å². The predicted octanol–water partition coefficient (Wildman–Crippen LogP) is 9.87. The first kappa shape index (κ1) is 28.1. The van der Waals surface area contributed by atoms with Crippen molar-refractivity contribution in [3.05, 3.63) is 110 Å². The maximum absolute atomic E-state index is 5.19. The summed E-state index contributed by atoms with van der Waals surface area (Å²) < 4.78 is 2.45. The molecule has 0 bridgehead atoms. The van der Waals surface area contributed by atoms with Crippen molar-refractivity contribution in [2.45, 2.75) is 26.3 Å². The minimum Gasteiger partial charge on any atom is -0.340 e. The SMILES string of the molecule is CCCCn1c2ccc(-c3nc4c5cccnc5c5ncccc5c4[nH]3)cc2c2cc(-c3nc4c5cccnc5c5ncccc5c4[nH]3)ccc21. The van der Waals surface area contributed by atoms with Crippen LogP contribution in [0.1, 0.15) is 19.8 Å². The van der Waals surface area contributed by atoms with E-state index in [4.69, 9.17) is 19.9 Å². The number of imidazole rings is 2. The average molecular weight is 660 g/mol. The van der Waals surface area contributed by atoms with Crippen LogP contribution in [0.15, 0.2) is 110 Å². The molecule has 11 aromatic rings. The van der Waals surface area contributed by atoms with Crippen molar-refractivity contribution in [2.24, 2.45) is 0 Å². The van der Waals surface area contributed by atoms with Crippen LogP contribution in [-0.2, 0) is 6.54 Å². The van der Waals surface area contributed by atoms with Crippen LogP contribution in [-0.4, -0.2) is 44.4 Å². The molecule has 9 heteroatoms. The lowest BCUT2D eigenvalue weighted by Crippen LogP contribution is -1.97. The number of aromatic amines is 2. The molecule has 0 amide bonds. The summed E-state index contributed by atoms with van der Waals surface area (Å²) in [5, 5.41) is 6.36. The first-order valence-electron chi connectivity index (χ1n) is 17.3. The lowest BCUT2D eigenvalue weighted by Gasteiger charge is -2.07. The minimum absolute atomic E-state index is 0.817. The van der Waals surface area contributed by atoms with Gasteiger partial charge < -0.3 is 14.5 Å². The van der Waals surface area contributed by atoms with Crippen LogP contribution in [0.4, 0.5) is 0 Å². The molecule has 9 nitrogen and oxygen atoms in total. The Balaban J connectivity index is 1.13. The number of hydrogen-bond acceptors (Lipinski definition) is 6. The van der Waals surface area contributed by atoms with Crippen molar-refractivity contribution < 1.29 is 0 Å². The van der Waals surface area contributed by atoms with Crippen LogP contribution >= 0.6 is 0 Å². The Hall–Kier alpha value is -6.74. The molecule has 7 heterocycles. The minimum atomic E-state index is 0.817. The van der Waals surface area contributed by atoms with Crippen LogP contribution in [0.3, 0.4) is 0 Å². The molecule has 0 spiro atoms. The smallest absolute Gasteiger partial charge is 0.138 e. The molecule has 7 aromatic heterocycles. The molecule has 0 saturated carbocycles. The second-order valence-electron chi connectivity index (χ2n) is 13.2. The number of fused-ring (bicyclic) bond motifs is 15. The number of nitrogens with zero attached hydrogens (tertiary/aromatic N) is 7. The summed E-state index contributed by atoms with van der Waals surface area (Å²) in [6, 6.07) is 29.6. The van der Waals surface area contributed by atoms with Gasteiger partial charge in [-0.15, -0.1) is 0 Å². The summed E-state index contributed by atoms with van der Waals surface area (Å²) in [6.07, 6.45) is 9.49. The van der Waals surface area contributed by atoms with Crippen molar-refractivity contribution in [2.75, 3.05) is 0 Å². The fourth-order valence-electron chi connectivity index (χ4n) is 7.92. The Kier molecular flexibility index (Phi) is 5.86. The average Bonchev–Trinajstić information content (AvgIpc) is 3.92. The molecule has 0 aliphatic rings. The molecule has 0 aliphatic heterocycles. The highest BCUT2D eigenvalue weighted by Crippen LogP contribution is 2.38. The normalized spacial score (nSPS) is 12.3. The number of aromatic nitrogens is 9. The van der Waals surface area contributed by atoms with Gasteiger partial charge in [-0.05, 0) is 91.3 Å². The number of unbranched alkanes of at least 4 members (excludes halogenated alkanes) is 1. The van der Waals surface area contributed by atoms with Gasteiger partial charge in [-0.25, -0.2) is 9.97 Å². The molecule has 0 aliphatic carbocycles. The second-order valence-corrected chi connectivity index (χ2v) is 13.2. The third-order valence-corrected chi connectivity index (χ3v) is 10.3. The first-order chi connectivity index (χ1) is 25.2. The number of aryl methyl sites for hydroxylation is 1. The van der Waals surface area contributed by atoms with Crippen LogP contribution in [0.2, 0.25) is 0 Å². The van der Waals surface area contributed by atoms with Crippen LogP contribution in [0.5, 0.6) is 0 Å². The highest BCUT2D eigenvalue weighted by atomic mass is 15.0. The Morgan fingerprint density at radius 2 is 0.922 bits per heavy atom. The maximum Gasteiger partial charge on any atom is 0.138 e. The van der Waals surface area contributed by atoms with E-state index >= 15 is 0 Å². The quantitative estimate of drug-likeness (QED) is 0.178. The van der Waals surface area contributed by atoms with Crippen molar-refractivity contribution in [1.82, 2.24) is 44.4 Å². The molecule has 0 fully saturated rings. The molecule has 2 N–H and O–H groups in total. The van der Waals surface area contributed by atoms with E-state index in [1.807, 2.05) is 49.1 Å². The number of rotatable bonds is 5. The second kappa shape index (κ2) is 10.6. The molecule has 4 aromatic carbocycles. The van der Waals surface area contributed by atoms with E-state index in [1.165, 1.54) is 21.8 Å². The van der Waals surface area contributed by atoms with Crippen molar-refractivity contribution >= 4 is 87.5 Å². The van der Waals surface area contributed by atoms with Crippen LogP contribution in [0, 0.1) is 0 Å². The summed E-state index contributed by atoms with van der Waals surface area (Å²) in [6.45, 7) is 3.19. The molecular formula is C42H29N9. The number of nitrogens with one attached hydrogen (secondary N) is 2. The van der Waals surface area contributed by atoms with E-state index in [1.54, 1.807) is 0 Å². The van der Waals surface area contributed by atoms with E-state index < -0.39 is 0 Å². The summed E-state index contributed by atoms with van der Waals surface area (Å²) in [7, 11) is 0. The highest BCUT2D eigenvalue weighted by molar-refractivity contribution is 6.22. The van der Waals surface area contributed by atoms with E-state index in [0.717, 1.165) is 108 Å². The summed E-state index contributed by atoms with van der Waals surface area (Å²) >= 11 is 0. The molecule has 0 atom stereocenters. The molecule has 0 unspecified atom stereocenters. The Bertz CT molecular complexity index is 2850. The van der Waals surface area contributed by atoms with E-state index in [-0.39, 0.29) is 0 Å². The van der Waals surface area contributed by atoms with E-state index in [2.05, 4.69) is 92.1 Å². The monoisotopic (exact) mass is 659 g/mol. The Morgan fingerprint density at radius 1 is 0.490 bits per heavy atom. The van der Waals surface area contributed by atoms with Gasteiger partial charge in [-0.1, -0.05) is 13.3 Å². The summed E-state index contributed by atoms with van der Waals surface area (Å²) in [5.41, 5.74) is 11.7. The number of hydrogen-bond donors (Lipinski definition) is 2. The molecule has 0 radical (unpaired) electrons. The molecule has 11 rings (SSSR count). The standard InChI is InChI=1S/C42H29N9/c1-2-3-20-51-31-14-12-23(41-47-37-25-8-4-16-43-33(25)34-26(38(37)48-41)9-5-17-44-34)21-29(31)30-22-24(13-15-32(30)51)42-49-39-27-10-6-18-45-35(27)36-28(40(39)50-42)11-7-19-46-36/h4-19,21-22H,2-3,20H2,1H3,(H,47,48)(H,49,50). The third-order valence-electron chi connectivity index (χ3n) is 10.3. The van der Waals surface area contributed by atoms with Gasteiger partial charge in [-0.2, -0.15) is 0 Å². The van der Waals surface area contributed by atoms with E-state index in [9.17, 15) is 0 Å². The van der Waals surface area contributed by atoms with Crippen LogP contribution < -0.4 is 0 Å². The highest BCUT2D eigenvalue weighted by Gasteiger charge is 2.19. The fraction of sp³-hybridized carbons (Fsp3) is 0.0952.